The molecule has 2 aromatic rings. The molecule has 24 heavy (non-hydrogen) atoms. The van der Waals surface area contributed by atoms with Gasteiger partial charge in [0.05, 0.1) is 12.6 Å². The number of nitrogens with zero attached hydrogens (tertiary/aromatic N) is 1. The van der Waals surface area contributed by atoms with Crippen molar-refractivity contribution in [2.24, 2.45) is 0 Å². The Labute approximate surface area is 143 Å². The van der Waals surface area contributed by atoms with Crippen LogP contribution in [0.4, 0.5) is 13.2 Å². The summed E-state index contributed by atoms with van der Waals surface area (Å²) in [7, 11) is 1.20. The van der Waals surface area contributed by atoms with Crippen molar-refractivity contribution in [3.05, 3.63) is 30.0 Å². The topological polar surface area (TPSA) is 43.4 Å². The zero-order chi connectivity index (χ0) is 16.4. The highest BCUT2D eigenvalue weighted by atomic mass is 35.5. The van der Waals surface area contributed by atoms with Gasteiger partial charge in [-0.1, -0.05) is 12.1 Å². The summed E-state index contributed by atoms with van der Waals surface area (Å²) < 4.78 is 50.9. The third-order valence-corrected chi connectivity index (χ3v) is 3.85. The van der Waals surface area contributed by atoms with Gasteiger partial charge in [0.15, 0.2) is 17.2 Å². The van der Waals surface area contributed by atoms with Crippen LogP contribution in [0.1, 0.15) is 18.5 Å². The Hall–Kier alpha value is -1.73. The van der Waals surface area contributed by atoms with E-state index in [1.807, 2.05) is 0 Å². The van der Waals surface area contributed by atoms with E-state index < -0.39 is 11.9 Å². The molecule has 1 fully saturated rings. The molecular formula is C16H18ClF3N2O2. The van der Waals surface area contributed by atoms with Gasteiger partial charge in [-0.25, -0.2) is 4.98 Å². The average molecular weight is 363 g/mol. The highest BCUT2D eigenvalue weighted by molar-refractivity contribution is 5.88. The van der Waals surface area contributed by atoms with E-state index in [1.165, 1.54) is 7.11 Å². The first-order valence-electron chi connectivity index (χ1n) is 7.42. The van der Waals surface area contributed by atoms with Crippen molar-refractivity contribution in [3.8, 4) is 11.5 Å². The number of hydrogen-bond acceptors (Lipinski definition) is 4. The number of rotatable bonds is 3. The second-order valence-electron chi connectivity index (χ2n) is 5.40. The lowest BCUT2D eigenvalue weighted by molar-refractivity contribution is -0.142. The number of methoxy groups -OCH3 is 1. The molecule has 4 nitrogen and oxygen atoms in total. The summed E-state index contributed by atoms with van der Waals surface area (Å²) in [6.07, 6.45) is -3.28. The van der Waals surface area contributed by atoms with Crippen molar-refractivity contribution >= 4 is 23.3 Å². The minimum atomic E-state index is -4.61. The lowest BCUT2D eigenvalue weighted by atomic mass is 10.1. The number of aromatic nitrogens is 1. The van der Waals surface area contributed by atoms with Crippen LogP contribution in [0, 0.1) is 0 Å². The van der Waals surface area contributed by atoms with Gasteiger partial charge < -0.3 is 14.8 Å². The molecule has 8 heteroatoms. The van der Waals surface area contributed by atoms with E-state index in [1.54, 1.807) is 24.3 Å². The Morgan fingerprint density at radius 2 is 1.79 bits per heavy atom. The predicted molar refractivity (Wildman–Crippen MR) is 87.1 cm³/mol. The van der Waals surface area contributed by atoms with E-state index in [-0.39, 0.29) is 35.5 Å². The molecule has 0 spiro atoms. The Kier molecular flexibility index (Phi) is 5.77. The molecule has 0 aliphatic carbocycles. The van der Waals surface area contributed by atoms with Gasteiger partial charge in [0, 0.05) is 5.39 Å². The maximum Gasteiger partial charge on any atom is 0.437 e. The third-order valence-electron chi connectivity index (χ3n) is 3.85. The number of para-hydroxylation sites is 1. The van der Waals surface area contributed by atoms with Crippen LogP contribution in [0.25, 0.3) is 10.9 Å². The maximum absolute atomic E-state index is 13.3. The molecule has 0 bridgehead atoms. The Morgan fingerprint density at radius 3 is 2.42 bits per heavy atom. The Balaban J connectivity index is 0.00000208. The SMILES string of the molecule is COc1c(C(F)(F)F)nc2ccccc2c1OC1CCNCC1.Cl. The number of benzene rings is 1. The second kappa shape index (κ2) is 7.44. The van der Waals surface area contributed by atoms with Gasteiger partial charge in [-0.2, -0.15) is 13.2 Å². The van der Waals surface area contributed by atoms with Gasteiger partial charge in [0.1, 0.15) is 6.10 Å². The number of pyridine rings is 1. The first kappa shape index (κ1) is 18.6. The first-order valence-corrected chi connectivity index (χ1v) is 7.42. The van der Waals surface area contributed by atoms with Crippen LogP contribution in [-0.4, -0.2) is 31.3 Å². The molecule has 1 aromatic carbocycles. The highest BCUT2D eigenvalue weighted by Crippen LogP contribution is 2.44. The molecule has 0 radical (unpaired) electrons. The number of nitrogens with one attached hydrogen (secondary N) is 1. The lowest BCUT2D eigenvalue weighted by Crippen LogP contribution is -2.34. The molecule has 1 aliphatic rings. The van der Waals surface area contributed by atoms with Crippen molar-refractivity contribution in [3.63, 3.8) is 0 Å². The zero-order valence-electron chi connectivity index (χ0n) is 13.0. The molecule has 2 heterocycles. The Morgan fingerprint density at radius 1 is 1.12 bits per heavy atom. The fraction of sp³-hybridized carbons (Fsp3) is 0.438. The first-order chi connectivity index (χ1) is 11.0. The van der Waals surface area contributed by atoms with Gasteiger partial charge in [-0.15, -0.1) is 12.4 Å². The van der Waals surface area contributed by atoms with Crippen LogP contribution in [-0.2, 0) is 6.18 Å². The quantitative estimate of drug-likeness (QED) is 0.901. The monoisotopic (exact) mass is 362 g/mol. The van der Waals surface area contributed by atoms with Gasteiger partial charge in [0.25, 0.3) is 0 Å². The fourth-order valence-electron chi connectivity index (χ4n) is 2.74. The van der Waals surface area contributed by atoms with E-state index in [4.69, 9.17) is 9.47 Å². The zero-order valence-corrected chi connectivity index (χ0v) is 13.8. The van der Waals surface area contributed by atoms with Crippen LogP contribution in [0.2, 0.25) is 0 Å². The number of piperidine rings is 1. The smallest absolute Gasteiger partial charge is 0.437 e. The highest BCUT2D eigenvalue weighted by Gasteiger charge is 2.39. The lowest BCUT2D eigenvalue weighted by Gasteiger charge is -2.26. The van der Waals surface area contributed by atoms with Gasteiger partial charge >= 0.3 is 6.18 Å². The molecule has 1 aromatic heterocycles. The molecule has 1 N–H and O–H groups in total. The number of ether oxygens (including phenoxy) is 2. The number of hydrogen-bond donors (Lipinski definition) is 1. The van der Waals surface area contributed by atoms with E-state index in [9.17, 15) is 13.2 Å². The van der Waals surface area contributed by atoms with Crippen molar-refractivity contribution in [1.29, 1.82) is 0 Å². The second-order valence-corrected chi connectivity index (χ2v) is 5.40. The molecule has 0 amide bonds. The Bertz CT molecular complexity index is 704. The van der Waals surface area contributed by atoms with Crippen molar-refractivity contribution in [1.82, 2.24) is 10.3 Å². The summed E-state index contributed by atoms with van der Waals surface area (Å²) in [4.78, 5) is 3.73. The molecule has 1 saturated heterocycles. The predicted octanol–water partition coefficient (Wildman–Crippen LogP) is 3.81. The van der Waals surface area contributed by atoms with Crippen molar-refractivity contribution < 1.29 is 22.6 Å². The molecule has 0 unspecified atom stereocenters. The third kappa shape index (κ3) is 3.67. The molecule has 1 aliphatic heterocycles. The summed E-state index contributed by atoms with van der Waals surface area (Å²) in [6.45, 7) is 1.56. The van der Waals surface area contributed by atoms with Crippen molar-refractivity contribution in [2.45, 2.75) is 25.1 Å². The average Bonchev–Trinajstić information content (AvgIpc) is 2.54. The number of fused-ring (bicyclic) bond motifs is 1. The minimum Gasteiger partial charge on any atom is -0.491 e. The summed E-state index contributed by atoms with van der Waals surface area (Å²) in [5, 5.41) is 3.72. The molecule has 132 valence electrons. The van der Waals surface area contributed by atoms with E-state index in [2.05, 4.69) is 10.3 Å². The van der Waals surface area contributed by atoms with Gasteiger partial charge in [0.2, 0.25) is 0 Å². The molecule has 0 saturated carbocycles. The normalized spacial score (nSPS) is 15.8. The standard InChI is InChI=1S/C16H17F3N2O2.ClH/c1-22-14-13(23-10-6-8-20-9-7-10)11-4-2-3-5-12(11)21-15(14)16(17,18)19;/h2-5,10,20H,6-9H2,1H3;1H. The van der Waals surface area contributed by atoms with E-state index >= 15 is 0 Å². The van der Waals surface area contributed by atoms with Gasteiger partial charge in [-0.3, -0.25) is 0 Å². The number of alkyl halides is 3. The van der Waals surface area contributed by atoms with Crippen LogP contribution in [0.5, 0.6) is 11.5 Å². The van der Waals surface area contributed by atoms with Crippen LogP contribution in [0.3, 0.4) is 0 Å². The minimum absolute atomic E-state index is 0. The number of halogens is 4. The summed E-state index contributed by atoms with van der Waals surface area (Å²) in [6, 6.07) is 6.63. The summed E-state index contributed by atoms with van der Waals surface area (Å²) >= 11 is 0. The van der Waals surface area contributed by atoms with Crippen LogP contribution in [0.15, 0.2) is 24.3 Å². The van der Waals surface area contributed by atoms with E-state index in [0.717, 1.165) is 25.9 Å². The summed E-state index contributed by atoms with van der Waals surface area (Å²) in [5.74, 6) is -0.230. The van der Waals surface area contributed by atoms with Crippen LogP contribution >= 0.6 is 12.4 Å². The van der Waals surface area contributed by atoms with Crippen molar-refractivity contribution in [2.75, 3.05) is 20.2 Å². The molecular weight excluding hydrogens is 345 g/mol. The maximum atomic E-state index is 13.3. The van der Waals surface area contributed by atoms with E-state index in [0.29, 0.717) is 5.39 Å². The summed E-state index contributed by atoms with van der Waals surface area (Å²) in [5.41, 5.74) is -0.813. The van der Waals surface area contributed by atoms with Crippen LogP contribution < -0.4 is 14.8 Å². The fourth-order valence-corrected chi connectivity index (χ4v) is 2.74. The van der Waals surface area contributed by atoms with Gasteiger partial charge in [-0.05, 0) is 38.1 Å². The molecule has 0 atom stereocenters. The largest absolute Gasteiger partial charge is 0.491 e. The molecule has 3 rings (SSSR count).